The van der Waals surface area contributed by atoms with Crippen molar-refractivity contribution in [3.8, 4) is 11.3 Å². The monoisotopic (exact) mass is 350 g/mol. The second-order valence-corrected chi connectivity index (χ2v) is 6.59. The Balaban J connectivity index is 1.48. The molecule has 0 radical (unpaired) electrons. The van der Waals surface area contributed by atoms with E-state index in [1.807, 2.05) is 45.6 Å². The number of rotatable bonds is 3. The van der Waals surface area contributed by atoms with E-state index in [0.29, 0.717) is 0 Å². The Kier molecular flexibility index (Phi) is 4.24. The van der Waals surface area contributed by atoms with Crippen molar-refractivity contribution in [1.82, 2.24) is 29.7 Å². The van der Waals surface area contributed by atoms with Gasteiger partial charge in [-0.3, -0.25) is 9.67 Å². The van der Waals surface area contributed by atoms with Crippen molar-refractivity contribution >= 4 is 11.8 Å². The van der Waals surface area contributed by atoms with Crippen LogP contribution >= 0.6 is 0 Å². The molecule has 0 bridgehead atoms. The minimum Gasteiger partial charge on any atom is -0.352 e. The maximum atomic E-state index is 4.77. The fourth-order valence-corrected chi connectivity index (χ4v) is 3.18. The van der Waals surface area contributed by atoms with Crippen LogP contribution in [0.5, 0.6) is 0 Å². The third kappa shape index (κ3) is 3.35. The molecular weight excluding hydrogens is 328 g/mol. The summed E-state index contributed by atoms with van der Waals surface area (Å²) in [4.78, 5) is 22.8. The average molecular weight is 350 g/mol. The molecule has 1 fully saturated rings. The largest absolute Gasteiger partial charge is 0.352 e. The SMILES string of the molecule is Cc1cc(C)nc(N2CCN(c3cncc(-c4cnn(C)c4)n3)CC2)n1. The molecule has 0 unspecified atom stereocenters. The van der Waals surface area contributed by atoms with Crippen molar-refractivity contribution in [2.45, 2.75) is 13.8 Å². The summed E-state index contributed by atoms with van der Waals surface area (Å²) in [6, 6.07) is 2.00. The first kappa shape index (κ1) is 16.4. The lowest BCUT2D eigenvalue weighted by molar-refractivity contribution is 0.632. The Morgan fingerprint density at radius 1 is 0.846 bits per heavy atom. The maximum absolute atomic E-state index is 4.77. The lowest BCUT2D eigenvalue weighted by Crippen LogP contribution is -2.47. The van der Waals surface area contributed by atoms with Crippen molar-refractivity contribution in [2.75, 3.05) is 36.0 Å². The van der Waals surface area contributed by atoms with Crippen molar-refractivity contribution in [2.24, 2.45) is 7.05 Å². The van der Waals surface area contributed by atoms with Gasteiger partial charge in [-0.05, 0) is 19.9 Å². The van der Waals surface area contributed by atoms with E-state index in [1.165, 1.54) is 0 Å². The minimum atomic E-state index is 0.817. The normalized spacial score (nSPS) is 14.7. The van der Waals surface area contributed by atoms with Gasteiger partial charge in [-0.25, -0.2) is 15.0 Å². The molecule has 3 aromatic rings. The van der Waals surface area contributed by atoms with Crippen molar-refractivity contribution in [3.05, 3.63) is 42.2 Å². The number of hydrogen-bond donors (Lipinski definition) is 0. The Morgan fingerprint density at radius 3 is 2.19 bits per heavy atom. The molecule has 0 N–H and O–H groups in total. The van der Waals surface area contributed by atoms with Crippen LogP contribution in [0, 0.1) is 13.8 Å². The van der Waals surface area contributed by atoms with Crippen LogP contribution in [-0.2, 0) is 7.05 Å². The van der Waals surface area contributed by atoms with Crippen molar-refractivity contribution < 1.29 is 0 Å². The molecular formula is C18H22N8. The van der Waals surface area contributed by atoms with Gasteiger partial charge in [-0.1, -0.05) is 0 Å². The zero-order valence-corrected chi connectivity index (χ0v) is 15.3. The third-order valence-electron chi connectivity index (χ3n) is 4.48. The van der Waals surface area contributed by atoms with E-state index in [9.17, 15) is 0 Å². The van der Waals surface area contributed by atoms with Gasteiger partial charge in [0, 0.05) is 56.4 Å². The van der Waals surface area contributed by atoms with Gasteiger partial charge in [0.25, 0.3) is 0 Å². The molecule has 0 aromatic carbocycles. The molecule has 0 spiro atoms. The van der Waals surface area contributed by atoms with Gasteiger partial charge in [0.05, 0.1) is 24.3 Å². The van der Waals surface area contributed by atoms with Crippen molar-refractivity contribution in [1.29, 1.82) is 0 Å². The highest BCUT2D eigenvalue weighted by Crippen LogP contribution is 2.20. The lowest BCUT2D eigenvalue weighted by Gasteiger charge is -2.35. The van der Waals surface area contributed by atoms with Crippen LogP contribution in [0.25, 0.3) is 11.3 Å². The van der Waals surface area contributed by atoms with Gasteiger partial charge in [0.1, 0.15) is 5.82 Å². The highest BCUT2D eigenvalue weighted by molar-refractivity contribution is 5.58. The second kappa shape index (κ2) is 6.70. The van der Waals surface area contributed by atoms with Gasteiger partial charge >= 0.3 is 0 Å². The molecule has 1 aliphatic rings. The van der Waals surface area contributed by atoms with E-state index in [2.05, 4.69) is 29.9 Å². The summed E-state index contributed by atoms with van der Waals surface area (Å²) < 4.78 is 1.77. The zero-order valence-electron chi connectivity index (χ0n) is 15.3. The topological polar surface area (TPSA) is 75.9 Å². The molecule has 0 saturated carbocycles. The first-order chi connectivity index (χ1) is 12.6. The molecule has 0 atom stereocenters. The second-order valence-electron chi connectivity index (χ2n) is 6.59. The molecule has 134 valence electrons. The first-order valence-corrected chi connectivity index (χ1v) is 8.72. The molecule has 4 rings (SSSR count). The van der Waals surface area contributed by atoms with Gasteiger partial charge < -0.3 is 9.80 Å². The summed E-state index contributed by atoms with van der Waals surface area (Å²) in [5.41, 5.74) is 3.83. The molecule has 8 nitrogen and oxygen atoms in total. The fourth-order valence-electron chi connectivity index (χ4n) is 3.18. The average Bonchev–Trinajstić information content (AvgIpc) is 3.08. The maximum Gasteiger partial charge on any atom is 0.225 e. The van der Waals surface area contributed by atoms with Gasteiger partial charge in [-0.2, -0.15) is 5.10 Å². The summed E-state index contributed by atoms with van der Waals surface area (Å²) in [5, 5.41) is 4.21. The Bertz CT molecular complexity index is 891. The molecule has 26 heavy (non-hydrogen) atoms. The highest BCUT2D eigenvalue weighted by Gasteiger charge is 2.21. The molecule has 1 saturated heterocycles. The molecule has 3 aromatic heterocycles. The smallest absolute Gasteiger partial charge is 0.225 e. The van der Waals surface area contributed by atoms with Crippen LogP contribution < -0.4 is 9.80 Å². The Morgan fingerprint density at radius 2 is 1.54 bits per heavy atom. The molecule has 0 aliphatic carbocycles. The molecule has 4 heterocycles. The Hall–Kier alpha value is -3.03. The number of hydrogen-bond acceptors (Lipinski definition) is 7. The molecule has 8 heteroatoms. The van der Waals surface area contributed by atoms with Crippen LogP contribution in [0.2, 0.25) is 0 Å². The number of nitrogens with zero attached hydrogens (tertiary/aromatic N) is 8. The Labute approximate surface area is 152 Å². The zero-order chi connectivity index (χ0) is 18.1. The van der Waals surface area contributed by atoms with Crippen molar-refractivity contribution in [3.63, 3.8) is 0 Å². The van der Waals surface area contributed by atoms with Crippen LogP contribution in [0.15, 0.2) is 30.9 Å². The molecule has 1 aliphatic heterocycles. The summed E-state index contributed by atoms with van der Waals surface area (Å²) in [6.45, 7) is 7.47. The standard InChI is InChI=1S/C18H22N8/c1-13-8-14(2)22-18(21-13)26-6-4-25(5-7-26)17-11-19-10-16(23-17)15-9-20-24(3)12-15/h8-12H,4-7H2,1-3H3. The van der Waals surface area contributed by atoms with E-state index in [0.717, 1.165) is 60.6 Å². The predicted molar refractivity (Wildman–Crippen MR) is 100 cm³/mol. The van der Waals surface area contributed by atoms with Crippen LogP contribution in [0.4, 0.5) is 11.8 Å². The fraction of sp³-hybridized carbons (Fsp3) is 0.389. The van der Waals surface area contributed by atoms with E-state index in [4.69, 9.17) is 4.98 Å². The number of aromatic nitrogens is 6. The quantitative estimate of drug-likeness (QED) is 0.710. The van der Waals surface area contributed by atoms with Crippen LogP contribution in [0.1, 0.15) is 11.4 Å². The minimum absolute atomic E-state index is 0.817. The van der Waals surface area contributed by atoms with E-state index in [1.54, 1.807) is 10.9 Å². The predicted octanol–water partition coefficient (Wildman–Crippen LogP) is 1.61. The number of anilines is 2. The molecule has 0 amide bonds. The van der Waals surface area contributed by atoms with Gasteiger partial charge in [-0.15, -0.1) is 0 Å². The number of piperazine rings is 1. The summed E-state index contributed by atoms with van der Waals surface area (Å²) in [7, 11) is 1.90. The third-order valence-corrected chi connectivity index (χ3v) is 4.48. The van der Waals surface area contributed by atoms with E-state index < -0.39 is 0 Å². The van der Waals surface area contributed by atoms with Crippen LogP contribution in [-0.4, -0.2) is 55.9 Å². The summed E-state index contributed by atoms with van der Waals surface area (Å²) in [5.74, 6) is 1.71. The summed E-state index contributed by atoms with van der Waals surface area (Å²) in [6.07, 6.45) is 7.36. The lowest BCUT2D eigenvalue weighted by atomic mass is 10.2. The van der Waals surface area contributed by atoms with Gasteiger partial charge in [0.2, 0.25) is 5.95 Å². The van der Waals surface area contributed by atoms with E-state index >= 15 is 0 Å². The first-order valence-electron chi connectivity index (χ1n) is 8.72. The van der Waals surface area contributed by atoms with E-state index in [-0.39, 0.29) is 0 Å². The number of aryl methyl sites for hydroxylation is 3. The highest BCUT2D eigenvalue weighted by atomic mass is 15.3. The van der Waals surface area contributed by atoms with Gasteiger partial charge in [0.15, 0.2) is 0 Å². The summed E-state index contributed by atoms with van der Waals surface area (Å²) >= 11 is 0. The van der Waals surface area contributed by atoms with Crippen LogP contribution in [0.3, 0.4) is 0 Å².